The summed E-state index contributed by atoms with van der Waals surface area (Å²) in [7, 11) is 0. The molecule has 0 aromatic heterocycles. The third kappa shape index (κ3) is 3.53. The first-order valence-corrected chi connectivity index (χ1v) is 6.44. The molecule has 0 aliphatic carbocycles. The molecular formula is C15H16ClFN2. The molecule has 0 fully saturated rings. The lowest BCUT2D eigenvalue weighted by molar-refractivity contribution is 0.550. The molecule has 1 unspecified atom stereocenters. The smallest absolute Gasteiger partial charge is 0.141 e. The third-order valence-electron chi connectivity index (χ3n) is 3.07. The number of nitrogens with two attached hydrogens (primary N) is 1. The molecule has 0 aliphatic heterocycles. The van der Waals surface area contributed by atoms with Gasteiger partial charge in [-0.05, 0) is 36.6 Å². The van der Waals surface area contributed by atoms with Gasteiger partial charge in [-0.3, -0.25) is 11.3 Å². The highest BCUT2D eigenvalue weighted by Crippen LogP contribution is 2.22. The second-order valence-corrected chi connectivity index (χ2v) is 4.99. The fourth-order valence-electron chi connectivity index (χ4n) is 2.06. The van der Waals surface area contributed by atoms with E-state index in [9.17, 15) is 4.39 Å². The molecule has 0 bridgehead atoms. The van der Waals surface area contributed by atoms with E-state index in [4.69, 9.17) is 17.4 Å². The summed E-state index contributed by atoms with van der Waals surface area (Å²) in [6.07, 6.45) is 0.653. The molecule has 2 aromatic rings. The zero-order valence-electron chi connectivity index (χ0n) is 10.7. The highest BCUT2D eigenvalue weighted by atomic mass is 35.5. The minimum atomic E-state index is -0.404. The van der Waals surface area contributed by atoms with Crippen LogP contribution in [0.5, 0.6) is 0 Å². The molecule has 0 spiro atoms. The van der Waals surface area contributed by atoms with Gasteiger partial charge >= 0.3 is 0 Å². The Hall–Kier alpha value is -1.42. The molecule has 2 nitrogen and oxygen atoms in total. The van der Waals surface area contributed by atoms with E-state index in [0.717, 1.165) is 11.1 Å². The molecule has 1 atom stereocenters. The van der Waals surface area contributed by atoms with Crippen LogP contribution >= 0.6 is 11.6 Å². The topological polar surface area (TPSA) is 38.0 Å². The standard InChI is InChI=1S/C15H16ClFN2/c1-10-3-2-4-12(7-10)15(19-18)9-11-5-6-14(17)13(16)8-11/h2-8,15,19H,9,18H2,1H3. The van der Waals surface area contributed by atoms with Crippen molar-refractivity contribution in [1.29, 1.82) is 0 Å². The normalized spacial score (nSPS) is 12.4. The summed E-state index contributed by atoms with van der Waals surface area (Å²) in [5.41, 5.74) is 6.01. The average molecular weight is 279 g/mol. The highest BCUT2D eigenvalue weighted by Gasteiger charge is 2.11. The number of halogens is 2. The molecule has 0 heterocycles. The lowest BCUT2D eigenvalue weighted by atomic mass is 9.98. The summed E-state index contributed by atoms with van der Waals surface area (Å²) in [6.45, 7) is 2.03. The molecule has 0 radical (unpaired) electrons. The maximum absolute atomic E-state index is 13.1. The van der Waals surface area contributed by atoms with Gasteiger partial charge in [0.15, 0.2) is 0 Å². The van der Waals surface area contributed by atoms with Crippen LogP contribution in [0.4, 0.5) is 4.39 Å². The first-order chi connectivity index (χ1) is 9.10. The van der Waals surface area contributed by atoms with Crippen molar-refractivity contribution in [2.75, 3.05) is 0 Å². The van der Waals surface area contributed by atoms with Gasteiger partial charge in [0.1, 0.15) is 5.82 Å². The van der Waals surface area contributed by atoms with Crippen LogP contribution in [0.3, 0.4) is 0 Å². The minimum Gasteiger partial charge on any atom is -0.271 e. The number of hydrogen-bond donors (Lipinski definition) is 2. The third-order valence-corrected chi connectivity index (χ3v) is 3.36. The van der Waals surface area contributed by atoms with Gasteiger partial charge in [0.05, 0.1) is 5.02 Å². The Morgan fingerprint density at radius 1 is 1.26 bits per heavy atom. The quantitative estimate of drug-likeness (QED) is 0.663. The predicted octanol–water partition coefficient (Wildman–Crippen LogP) is 3.53. The van der Waals surface area contributed by atoms with Crippen LogP contribution in [-0.4, -0.2) is 0 Å². The van der Waals surface area contributed by atoms with Gasteiger partial charge in [-0.15, -0.1) is 0 Å². The van der Waals surface area contributed by atoms with Crippen LogP contribution < -0.4 is 11.3 Å². The van der Waals surface area contributed by atoms with Gasteiger partial charge in [-0.1, -0.05) is 47.5 Å². The van der Waals surface area contributed by atoms with E-state index >= 15 is 0 Å². The van der Waals surface area contributed by atoms with Crippen molar-refractivity contribution in [3.8, 4) is 0 Å². The van der Waals surface area contributed by atoms with Crippen LogP contribution in [0.25, 0.3) is 0 Å². The lowest BCUT2D eigenvalue weighted by Gasteiger charge is -2.17. The Balaban J connectivity index is 2.21. The van der Waals surface area contributed by atoms with Crippen LogP contribution in [0.15, 0.2) is 42.5 Å². The molecule has 3 N–H and O–H groups in total. The van der Waals surface area contributed by atoms with Crippen molar-refractivity contribution < 1.29 is 4.39 Å². The number of hydrogen-bond acceptors (Lipinski definition) is 2. The number of aryl methyl sites for hydroxylation is 1. The molecule has 0 saturated heterocycles. The molecule has 4 heteroatoms. The zero-order valence-corrected chi connectivity index (χ0v) is 11.4. The average Bonchev–Trinajstić information content (AvgIpc) is 2.40. The molecule has 2 aromatic carbocycles. The van der Waals surface area contributed by atoms with E-state index in [2.05, 4.69) is 11.5 Å². The van der Waals surface area contributed by atoms with Gasteiger partial charge in [0, 0.05) is 6.04 Å². The van der Waals surface area contributed by atoms with E-state index in [1.165, 1.54) is 11.6 Å². The van der Waals surface area contributed by atoms with Gasteiger partial charge in [0.25, 0.3) is 0 Å². The van der Waals surface area contributed by atoms with Crippen LogP contribution in [-0.2, 0) is 6.42 Å². The van der Waals surface area contributed by atoms with E-state index < -0.39 is 5.82 Å². The molecule has 2 rings (SSSR count). The van der Waals surface area contributed by atoms with Gasteiger partial charge < -0.3 is 0 Å². The summed E-state index contributed by atoms with van der Waals surface area (Å²) in [6, 6.07) is 12.8. The molecule has 0 amide bonds. The summed E-state index contributed by atoms with van der Waals surface area (Å²) >= 11 is 5.79. The Kier molecular flexibility index (Phi) is 4.53. The number of rotatable bonds is 4. The monoisotopic (exact) mass is 278 g/mol. The maximum Gasteiger partial charge on any atom is 0.141 e. The van der Waals surface area contributed by atoms with Crippen molar-refractivity contribution in [2.24, 2.45) is 5.84 Å². The highest BCUT2D eigenvalue weighted by molar-refractivity contribution is 6.30. The Morgan fingerprint density at radius 3 is 2.68 bits per heavy atom. The van der Waals surface area contributed by atoms with Crippen molar-refractivity contribution in [2.45, 2.75) is 19.4 Å². The first-order valence-electron chi connectivity index (χ1n) is 6.07. The molecule has 100 valence electrons. The summed E-state index contributed by atoms with van der Waals surface area (Å²) < 4.78 is 13.1. The van der Waals surface area contributed by atoms with Gasteiger partial charge in [-0.2, -0.15) is 0 Å². The van der Waals surface area contributed by atoms with Gasteiger partial charge in [0.2, 0.25) is 0 Å². The SMILES string of the molecule is Cc1cccc(C(Cc2ccc(F)c(Cl)c2)NN)c1. The zero-order chi connectivity index (χ0) is 13.8. The fourth-order valence-corrected chi connectivity index (χ4v) is 2.27. The second-order valence-electron chi connectivity index (χ2n) is 4.59. The summed E-state index contributed by atoms with van der Waals surface area (Å²) in [5.74, 6) is 5.21. The minimum absolute atomic E-state index is 0.0265. The molecule has 0 saturated carbocycles. The van der Waals surface area contributed by atoms with E-state index in [1.54, 1.807) is 12.1 Å². The van der Waals surface area contributed by atoms with Crippen molar-refractivity contribution in [3.63, 3.8) is 0 Å². The van der Waals surface area contributed by atoms with E-state index in [-0.39, 0.29) is 11.1 Å². The largest absolute Gasteiger partial charge is 0.271 e. The lowest BCUT2D eigenvalue weighted by Crippen LogP contribution is -2.29. The van der Waals surface area contributed by atoms with E-state index in [0.29, 0.717) is 6.42 Å². The first kappa shape index (κ1) is 14.0. The van der Waals surface area contributed by atoms with Gasteiger partial charge in [-0.25, -0.2) is 4.39 Å². The Labute approximate surface area is 117 Å². The van der Waals surface area contributed by atoms with Crippen molar-refractivity contribution >= 4 is 11.6 Å². The van der Waals surface area contributed by atoms with Crippen LogP contribution in [0, 0.1) is 12.7 Å². The number of nitrogens with one attached hydrogen (secondary N) is 1. The Morgan fingerprint density at radius 2 is 2.05 bits per heavy atom. The Bertz CT molecular complexity index is 572. The predicted molar refractivity (Wildman–Crippen MR) is 76.4 cm³/mol. The second kappa shape index (κ2) is 6.15. The molecule has 19 heavy (non-hydrogen) atoms. The molecular weight excluding hydrogens is 263 g/mol. The van der Waals surface area contributed by atoms with E-state index in [1.807, 2.05) is 25.1 Å². The molecule has 0 aliphatic rings. The number of hydrazine groups is 1. The van der Waals surface area contributed by atoms with Crippen molar-refractivity contribution in [3.05, 3.63) is 70.0 Å². The maximum atomic E-state index is 13.1. The fraction of sp³-hybridized carbons (Fsp3) is 0.200. The summed E-state index contributed by atoms with van der Waals surface area (Å²) in [5, 5.41) is 0.137. The van der Waals surface area contributed by atoms with Crippen LogP contribution in [0.2, 0.25) is 5.02 Å². The summed E-state index contributed by atoms with van der Waals surface area (Å²) in [4.78, 5) is 0. The number of benzene rings is 2. The van der Waals surface area contributed by atoms with Crippen LogP contribution in [0.1, 0.15) is 22.7 Å². The van der Waals surface area contributed by atoms with Crippen molar-refractivity contribution in [1.82, 2.24) is 5.43 Å².